The van der Waals surface area contributed by atoms with E-state index in [0.717, 1.165) is 6.07 Å². The van der Waals surface area contributed by atoms with E-state index in [9.17, 15) is 13.6 Å². The number of nitrogens with one attached hydrogen (secondary N) is 1. The van der Waals surface area contributed by atoms with Gasteiger partial charge in [-0.2, -0.15) is 0 Å². The van der Waals surface area contributed by atoms with Crippen LogP contribution in [-0.2, 0) is 0 Å². The van der Waals surface area contributed by atoms with E-state index in [2.05, 4.69) is 5.32 Å². The van der Waals surface area contributed by atoms with Gasteiger partial charge in [0.05, 0.1) is 11.3 Å². The number of nitrogens with two attached hydrogens (primary N) is 2. The summed E-state index contributed by atoms with van der Waals surface area (Å²) in [4.78, 5) is 11.1. The van der Waals surface area contributed by atoms with Gasteiger partial charge in [-0.25, -0.2) is 8.78 Å². The van der Waals surface area contributed by atoms with E-state index in [0.29, 0.717) is 5.69 Å². The minimum Gasteiger partial charge on any atom is -0.398 e. The number of benzene rings is 2. The van der Waals surface area contributed by atoms with E-state index in [1.165, 1.54) is 30.3 Å². The quantitative estimate of drug-likeness (QED) is 0.744. The summed E-state index contributed by atoms with van der Waals surface area (Å²) >= 11 is 0. The van der Waals surface area contributed by atoms with Crippen LogP contribution in [-0.4, -0.2) is 5.91 Å². The molecule has 0 spiro atoms. The summed E-state index contributed by atoms with van der Waals surface area (Å²) in [6.07, 6.45) is 0. The maximum atomic E-state index is 13.5. The Hall–Kier alpha value is -2.63. The van der Waals surface area contributed by atoms with Crippen molar-refractivity contribution in [1.29, 1.82) is 0 Å². The first-order valence-electron chi connectivity index (χ1n) is 5.39. The first kappa shape index (κ1) is 12.8. The molecule has 0 fully saturated rings. The molecule has 6 heteroatoms. The summed E-state index contributed by atoms with van der Waals surface area (Å²) in [6.45, 7) is 0. The molecule has 0 aliphatic heterocycles. The van der Waals surface area contributed by atoms with Gasteiger partial charge in [-0.3, -0.25) is 4.79 Å². The fourth-order valence-electron chi connectivity index (χ4n) is 1.60. The number of anilines is 3. The Morgan fingerprint density at radius 1 is 1.16 bits per heavy atom. The summed E-state index contributed by atoms with van der Waals surface area (Å²) < 4.78 is 26.5. The van der Waals surface area contributed by atoms with Crippen LogP contribution in [0.3, 0.4) is 0 Å². The molecule has 0 heterocycles. The Morgan fingerprint density at radius 2 is 1.89 bits per heavy atom. The number of hydrogen-bond acceptors (Lipinski definition) is 3. The van der Waals surface area contributed by atoms with Gasteiger partial charge in [0.1, 0.15) is 0 Å². The standard InChI is InChI=1S/C13H11F2N3O/c14-9-2-1-3-11(12(9)15)18-7-4-5-10(16)8(6-7)13(17)19/h1-6,18H,16H2,(H2,17,19). The molecule has 0 aliphatic carbocycles. The second kappa shape index (κ2) is 4.93. The third-order valence-electron chi connectivity index (χ3n) is 2.55. The molecule has 1 amide bonds. The molecule has 19 heavy (non-hydrogen) atoms. The van der Waals surface area contributed by atoms with Gasteiger partial charge in [-0.05, 0) is 30.3 Å². The molecule has 2 aromatic carbocycles. The Kier molecular flexibility index (Phi) is 3.33. The average molecular weight is 263 g/mol. The van der Waals surface area contributed by atoms with Crippen molar-refractivity contribution in [2.75, 3.05) is 11.1 Å². The summed E-state index contributed by atoms with van der Waals surface area (Å²) in [6, 6.07) is 8.12. The largest absolute Gasteiger partial charge is 0.398 e. The lowest BCUT2D eigenvalue weighted by Crippen LogP contribution is -2.13. The van der Waals surface area contributed by atoms with Crippen molar-refractivity contribution in [1.82, 2.24) is 0 Å². The van der Waals surface area contributed by atoms with Crippen LogP contribution in [0.2, 0.25) is 0 Å². The molecule has 2 rings (SSSR count). The first-order valence-corrected chi connectivity index (χ1v) is 5.39. The predicted octanol–water partition coefficient (Wildman–Crippen LogP) is 2.39. The lowest BCUT2D eigenvalue weighted by molar-refractivity contribution is 0.100. The summed E-state index contributed by atoms with van der Waals surface area (Å²) in [5.74, 6) is -2.66. The smallest absolute Gasteiger partial charge is 0.250 e. The number of carbonyl (C=O) groups is 1. The van der Waals surface area contributed by atoms with Crippen LogP contribution in [0.15, 0.2) is 36.4 Å². The van der Waals surface area contributed by atoms with Gasteiger partial charge >= 0.3 is 0 Å². The lowest BCUT2D eigenvalue weighted by Gasteiger charge is -2.10. The van der Waals surface area contributed by atoms with Gasteiger partial charge in [0.25, 0.3) is 5.91 Å². The van der Waals surface area contributed by atoms with Gasteiger partial charge in [-0.15, -0.1) is 0 Å². The number of rotatable bonds is 3. The minimum atomic E-state index is -1.00. The van der Waals surface area contributed by atoms with Crippen molar-refractivity contribution in [2.24, 2.45) is 5.73 Å². The number of carbonyl (C=O) groups excluding carboxylic acids is 1. The van der Waals surface area contributed by atoms with Crippen LogP contribution >= 0.6 is 0 Å². The highest BCUT2D eigenvalue weighted by molar-refractivity contribution is 5.99. The van der Waals surface area contributed by atoms with Crippen LogP contribution in [0.5, 0.6) is 0 Å². The second-order valence-corrected chi connectivity index (χ2v) is 3.89. The van der Waals surface area contributed by atoms with Gasteiger partial charge < -0.3 is 16.8 Å². The molecule has 0 unspecified atom stereocenters. The number of hydrogen-bond donors (Lipinski definition) is 3. The van der Waals surface area contributed by atoms with E-state index >= 15 is 0 Å². The Balaban J connectivity index is 2.36. The van der Waals surface area contributed by atoms with Gasteiger partial charge in [-0.1, -0.05) is 6.07 Å². The Morgan fingerprint density at radius 3 is 2.58 bits per heavy atom. The average Bonchev–Trinajstić information content (AvgIpc) is 2.37. The third kappa shape index (κ3) is 2.62. The molecule has 5 N–H and O–H groups in total. The number of amides is 1. The van der Waals surface area contributed by atoms with Crippen molar-refractivity contribution < 1.29 is 13.6 Å². The molecule has 0 saturated heterocycles. The van der Waals surface area contributed by atoms with Crippen LogP contribution < -0.4 is 16.8 Å². The van der Waals surface area contributed by atoms with Gasteiger partial charge in [0.15, 0.2) is 11.6 Å². The molecular weight excluding hydrogens is 252 g/mol. The molecule has 4 nitrogen and oxygen atoms in total. The maximum absolute atomic E-state index is 13.5. The van der Waals surface area contributed by atoms with Crippen molar-refractivity contribution in [3.05, 3.63) is 53.6 Å². The summed E-state index contributed by atoms with van der Waals surface area (Å²) in [5, 5.41) is 2.66. The van der Waals surface area contributed by atoms with Crippen LogP contribution in [0.1, 0.15) is 10.4 Å². The SMILES string of the molecule is NC(=O)c1cc(Nc2cccc(F)c2F)ccc1N. The van der Waals surface area contributed by atoms with E-state index < -0.39 is 17.5 Å². The highest BCUT2D eigenvalue weighted by Crippen LogP contribution is 2.24. The van der Waals surface area contributed by atoms with Crippen LogP contribution in [0.25, 0.3) is 0 Å². The highest BCUT2D eigenvalue weighted by Gasteiger charge is 2.10. The molecule has 2 aromatic rings. The number of halogens is 2. The van der Waals surface area contributed by atoms with E-state index in [1.807, 2.05) is 0 Å². The normalized spacial score (nSPS) is 10.2. The van der Waals surface area contributed by atoms with Crippen molar-refractivity contribution in [3.8, 4) is 0 Å². The van der Waals surface area contributed by atoms with Gasteiger partial charge in [0.2, 0.25) is 0 Å². The molecular formula is C13H11F2N3O. The monoisotopic (exact) mass is 263 g/mol. The molecule has 0 atom stereocenters. The molecule has 98 valence electrons. The van der Waals surface area contributed by atoms with Gasteiger partial charge in [0, 0.05) is 11.4 Å². The maximum Gasteiger partial charge on any atom is 0.250 e. The van der Waals surface area contributed by atoms with Crippen molar-refractivity contribution in [3.63, 3.8) is 0 Å². The van der Waals surface area contributed by atoms with E-state index in [4.69, 9.17) is 11.5 Å². The van der Waals surface area contributed by atoms with E-state index in [1.54, 1.807) is 0 Å². The van der Waals surface area contributed by atoms with Crippen molar-refractivity contribution >= 4 is 23.0 Å². The Bertz CT molecular complexity index is 644. The summed E-state index contributed by atoms with van der Waals surface area (Å²) in [5.41, 5.74) is 11.4. The second-order valence-electron chi connectivity index (χ2n) is 3.89. The summed E-state index contributed by atoms with van der Waals surface area (Å²) in [7, 11) is 0. The zero-order valence-corrected chi connectivity index (χ0v) is 9.78. The fraction of sp³-hybridized carbons (Fsp3) is 0. The topological polar surface area (TPSA) is 81.1 Å². The number of primary amides is 1. The molecule has 0 aliphatic rings. The predicted molar refractivity (Wildman–Crippen MR) is 69.0 cm³/mol. The zero-order chi connectivity index (χ0) is 14.0. The minimum absolute atomic E-state index is 0.0415. The molecule has 0 radical (unpaired) electrons. The lowest BCUT2D eigenvalue weighted by atomic mass is 10.1. The molecule has 0 aromatic heterocycles. The van der Waals surface area contributed by atoms with Crippen LogP contribution in [0.4, 0.5) is 25.8 Å². The highest BCUT2D eigenvalue weighted by atomic mass is 19.2. The third-order valence-corrected chi connectivity index (χ3v) is 2.55. The van der Waals surface area contributed by atoms with Crippen molar-refractivity contribution in [2.45, 2.75) is 0 Å². The molecule has 0 saturated carbocycles. The Labute approximate surface area is 108 Å². The van der Waals surface area contributed by atoms with E-state index in [-0.39, 0.29) is 16.9 Å². The first-order chi connectivity index (χ1) is 8.99. The fourth-order valence-corrected chi connectivity index (χ4v) is 1.60. The number of nitrogen functional groups attached to an aromatic ring is 1. The molecule has 0 bridgehead atoms. The van der Waals surface area contributed by atoms with Crippen LogP contribution in [0, 0.1) is 11.6 Å². The zero-order valence-electron chi connectivity index (χ0n) is 9.78.